The fraction of sp³-hybridized carbons (Fsp3) is 0.625. The van der Waals surface area contributed by atoms with E-state index in [-0.39, 0.29) is 38.1 Å². The lowest BCUT2D eigenvalue weighted by atomic mass is 10.0. The number of hydrogen-bond donors (Lipinski definition) is 10. The molecule has 10 atom stereocenters. The maximum absolute atomic E-state index is 13.9. The molecule has 50 heavy (non-hydrogen) atoms. The maximum atomic E-state index is 13.9. The van der Waals surface area contributed by atoms with E-state index in [0.29, 0.717) is 18.5 Å². The SMILES string of the molecule is C[C@@H](O)[C@H](NC(=O)[C@@H]1C[C@@H](O)CN1C(=O)[C@@H]1C[C@@H](O)CN1C(=O)[C@@H](NC(=O)[C@@H]1CCCN1)[C@@H](C)O)C(=O)N[C@@H](Cc1ccc(O)cc1)C(=O)O. The van der Waals surface area contributed by atoms with Crippen LogP contribution in [0.15, 0.2) is 24.3 Å². The van der Waals surface area contributed by atoms with Gasteiger partial charge in [0, 0.05) is 32.4 Å². The zero-order valence-electron chi connectivity index (χ0n) is 27.8. The second kappa shape index (κ2) is 16.6. The highest BCUT2D eigenvalue weighted by molar-refractivity contribution is 5.97. The third kappa shape index (κ3) is 9.25. The second-order valence-corrected chi connectivity index (χ2v) is 13.2. The molecule has 0 unspecified atom stereocenters. The van der Waals surface area contributed by atoms with Gasteiger partial charge in [-0.3, -0.25) is 24.0 Å². The summed E-state index contributed by atoms with van der Waals surface area (Å²) in [6, 6.07) is -2.23. The van der Waals surface area contributed by atoms with E-state index < -0.39 is 96.2 Å². The number of aliphatic carboxylic acids is 1. The van der Waals surface area contributed by atoms with Crippen LogP contribution in [-0.2, 0) is 35.2 Å². The van der Waals surface area contributed by atoms with Crippen LogP contribution < -0.4 is 21.3 Å². The van der Waals surface area contributed by atoms with Crippen molar-refractivity contribution in [3.8, 4) is 5.75 Å². The molecular formula is C32H46N6O12. The molecule has 1 aromatic rings. The summed E-state index contributed by atoms with van der Waals surface area (Å²) >= 11 is 0. The molecule has 3 aliphatic rings. The molecule has 10 N–H and O–H groups in total. The van der Waals surface area contributed by atoms with Crippen molar-refractivity contribution in [3.05, 3.63) is 29.8 Å². The average Bonchev–Trinajstić information content (AvgIpc) is 3.82. The molecule has 1 aromatic carbocycles. The minimum absolute atomic E-state index is 0.0423. The van der Waals surface area contributed by atoms with Gasteiger partial charge in [0.15, 0.2) is 0 Å². The second-order valence-electron chi connectivity index (χ2n) is 13.2. The van der Waals surface area contributed by atoms with Gasteiger partial charge in [-0.05, 0) is 50.9 Å². The summed E-state index contributed by atoms with van der Waals surface area (Å²) in [7, 11) is 0. The van der Waals surface area contributed by atoms with Crippen LogP contribution in [0.5, 0.6) is 5.75 Å². The first-order valence-corrected chi connectivity index (χ1v) is 16.6. The molecule has 0 bridgehead atoms. The summed E-state index contributed by atoms with van der Waals surface area (Å²) in [5.74, 6) is -5.56. The number of carboxylic acids is 1. The molecule has 3 fully saturated rings. The lowest BCUT2D eigenvalue weighted by Gasteiger charge is -2.34. The van der Waals surface area contributed by atoms with E-state index >= 15 is 0 Å². The Balaban J connectivity index is 1.46. The molecule has 3 saturated heterocycles. The topological polar surface area (TPSA) is 278 Å². The molecule has 3 heterocycles. The highest BCUT2D eigenvalue weighted by Gasteiger charge is 2.49. The molecule has 0 radical (unpaired) electrons. The van der Waals surface area contributed by atoms with Crippen molar-refractivity contribution in [2.24, 2.45) is 0 Å². The van der Waals surface area contributed by atoms with Crippen molar-refractivity contribution in [1.82, 2.24) is 31.1 Å². The summed E-state index contributed by atoms with van der Waals surface area (Å²) < 4.78 is 0. The van der Waals surface area contributed by atoms with Crippen LogP contribution in [0.3, 0.4) is 0 Å². The lowest BCUT2D eigenvalue weighted by molar-refractivity contribution is -0.149. The van der Waals surface area contributed by atoms with Crippen LogP contribution in [0.4, 0.5) is 0 Å². The van der Waals surface area contributed by atoms with Crippen molar-refractivity contribution in [1.29, 1.82) is 0 Å². The zero-order valence-corrected chi connectivity index (χ0v) is 27.8. The largest absolute Gasteiger partial charge is 0.508 e. The van der Waals surface area contributed by atoms with Gasteiger partial charge >= 0.3 is 5.97 Å². The van der Waals surface area contributed by atoms with Crippen molar-refractivity contribution in [2.75, 3.05) is 19.6 Å². The molecular weight excluding hydrogens is 660 g/mol. The van der Waals surface area contributed by atoms with Crippen LogP contribution >= 0.6 is 0 Å². The van der Waals surface area contributed by atoms with Gasteiger partial charge < -0.3 is 61.7 Å². The summed E-state index contributed by atoms with van der Waals surface area (Å²) in [5, 5.41) is 71.1. The number of benzene rings is 1. The van der Waals surface area contributed by atoms with Gasteiger partial charge in [-0.2, -0.15) is 0 Å². The molecule has 276 valence electrons. The number of hydrogen-bond acceptors (Lipinski definition) is 12. The summed E-state index contributed by atoms with van der Waals surface area (Å²) in [4.78, 5) is 81.0. The van der Waals surface area contributed by atoms with Gasteiger partial charge in [-0.15, -0.1) is 0 Å². The number of carbonyl (C=O) groups is 6. The number of amides is 5. The van der Waals surface area contributed by atoms with Gasteiger partial charge in [0.25, 0.3) is 0 Å². The van der Waals surface area contributed by atoms with E-state index in [1.165, 1.54) is 38.1 Å². The number of rotatable bonds is 13. The van der Waals surface area contributed by atoms with Crippen molar-refractivity contribution >= 4 is 35.5 Å². The van der Waals surface area contributed by atoms with Crippen LogP contribution in [0.25, 0.3) is 0 Å². The van der Waals surface area contributed by atoms with E-state index in [0.717, 1.165) is 16.2 Å². The Kier molecular flexibility index (Phi) is 12.7. The predicted molar refractivity (Wildman–Crippen MR) is 172 cm³/mol. The molecule has 4 rings (SSSR count). The predicted octanol–water partition coefficient (Wildman–Crippen LogP) is -4.09. The number of nitrogens with zero attached hydrogens (tertiary/aromatic N) is 2. The average molecular weight is 707 g/mol. The van der Waals surface area contributed by atoms with E-state index in [4.69, 9.17) is 0 Å². The number of nitrogens with one attached hydrogen (secondary N) is 4. The zero-order chi connectivity index (χ0) is 36.9. The standard InChI is InChI=1S/C32H46N6O12/c1-15(39)25(29(46)34-22(32(49)50)10-17-5-7-18(41)8-6-17)35-28(45)23-11-19(42)13-37(23)30(47)24-12-20(43)14-38(24)31(48)26(16(2)40)36-27(44)21-4-3-9-33-21/h5-8,15-16,19-26,33,39-43H,3-4,9-14H2,1-2H3,(H,34,46)(H,35,45)(H,36,44)(H,49,50)/t15-,16-,19-,20-,21+,22+,23+,24+,25+,26+/m1/s1. The molecule has 5 amide bonds. The summed E-state index contributed by atoms with van der Waals surface area (Å²) in [6.45, 7) is 2.46. The van der Waals surface area contributed by atoms with Crippen LogP contribution in [0.1, 0.15) is 45.1 Å². The third-order valence-electron chi connectivity index (χ3n) is 9.19. The number of phenolic OH excluding ortho intramolecular Hbond substituents is 1. The normalized spacial score (nSPS) is 26.4. The Morgan fingerprint density at radius 2 is 1.42 bits per heavy atom. The van der Waals surface area contributed by atoms with Gasteiger partial charge in [0.1, 0.15) is 36.0 Å². The van der Waals surface area contributed by atoms with Gasteiger partial charge in [-0.1, -0.05) is 12.1 Å². The number of aromatic hydroxyl groups is 1. The minimum atomic E-state index is -1.67. The van der Waals surface area contributed by atoms with Crippen LogP contribution in [0, 0.1) is 0 Å². The summed E-state index contributed by atoms with van der Waals surface area (Å²) in [5.41, 5.74) is 0.472. The maximum Gasteiger partial charge on any atom is 0.326 e. The number of carboxylic acid groups (broad SMARTS) is 1. The number of aliphatic hydroxyl groups is 4. The first-order chi connectivity index (χ1) is 23.6. The molecule has 0 saturated carbocycles. The first-order valence-electron chi connectivity index (χ1n) is 16.6. The Hall–Kier alpha value is -4.36. The fourth-order valence-electron chi connectivity index (χ4n) is 6.50. The lowest BCUT2D eigenvalue weighted by Crippen LogP contribution is -2.61. The Morgan fingerprint density at radius 1 is 0.840 bits per heavy atom. The molecule has 18 nitrogen and oxygen atoms in total. The van der Waals surface area contributed by atoms with Crippen molar-refractivity contribution < 1.29 is 59.4 Å². The van der Waals surface area contributed by atoms with E-state index in [1.54, 1.807) is 0 Å². The smallest absolute Gasteiger partial charge is 0.326 e. The number of phenols is 1. The quantitative estimate of drug-likeness (QED) is 0.0936. The van der Waals surface area contributed by atoms with E-state index in [9.17, 15) is 59.4 Å². The summed E-state index contributed by atoms with van der Waals surface area (Å²) in [6.07, 6.45) is -4.62. The first kappa shape index (κ1) is 38.4. The highest BCUT2D eigenvalue weighted by Crippen LogP contribution is 2.27. The van der Waals surface area contributed by atoms with Crippen LogP contribution in [-0.4, -0.2) is 156 Å². The molecule has 18 heteroatoms. The fourth-order valence-corrected chi connectivity index (χ4v) is 6.50. The van der Waals surface area contributed by atoms with Crippen LogP contribution in [0.2, 0.25) is 0 Å². The molecule has 0 aromatic heterocycles. The Labute approximate surface area is 287 Å². The highest BCUT2D eigenvalue weighted by atomic mass is 16.4. The Morgan fingerprint density at radius 3 is 1.98 bits per heavy atom. The van der Waals surface area contributed by atoms with Gasteiger partial charge in [-0.25, -0.2) is 4.79 Å². The minimum Gasteiger partial charge on any atom is -0.508 e. The van der Waals surface area contributed by atoms with Crippen molar-refractivity contribution in [3.63, 3.8) is 0 Å². The number of aliphatic hydroxyl groups excluding tert-OH is 4. The van der Waals surface area contributed by atoms with E-state index in [1.807, 2.05) is 0 Å². The number of carbonyl (C=O) groups excluding carboxylic acids is 5. The Bertz CT molecular complexity index is 1420. The van der Waals surface area contributed by atoms with Gasteiger partial charge in [0.05, 0.1) is 30.5 Å². The molecule has 3 aliphatic heterocycles. The molecule has 0 aliphatic carbocycles. The monoisotopic (exact) mass is 706 g/mol. The van der Waals surface area contributed by atoms with Gasteiger partial charge in [0.2, 0.25) is 29.5 Å². The molecule has 0 spiro atoms. The van der Waals surface area contributed by atoms with E-state index in [2.05, 4.69) is 21.3 Å². The number of β-amino-alcohol motifs (C(OH)–C–C–N with tert-alkyl or cyclic N) is 2. The third-order valence-corrected chi connectivity index (χ3v) is 9.19. The van der Waals surface area contributed by atoms with Crippen molar-refractivity contribution in [2.45, 2.75) is 107 Å². The number of likely N-dealkylation sites (tertiary alicyclic amines) is 2.